The second-order valence-electron chi connectivity index (χ2n) is 5.84. The van der Waals surface area contributed by atoms with Gasteiger partial charge in [0.05, 0.1) is 11.1 Å². The first-order valence-corrected chi connectivity index (χ1v) is 8.97. The van der Waals surface area contributed by atoms with Crippen LogP contribution in [0.4, 0.5) is 5.82 Å². The van der Waals surface area contributed by atoms with Crippen LogP contribution in [0.3, 0.4) is 0 Å². The van der Waals surface area contributed by atoms with Gasteiger partial charge in [-0.05, 0) is 37.4 Å². The van der Waals surface area contributed by atoms with Gasteiger partial charge in [-0.15, -0.1) is 11.3 Å². The molecular formula is C18H15N5O3S. The van der Waals surface area contributed by atoms with E-state index in [0.29, 0.717) is 22.8 Å². The molecular weight excluding hydrogens is 366 g/mol. The normalized spacial score (nSPS) is 10.9. The molecule has 0 bridgehead atoms. The van der Waals surface area contributed by atoms with Crippen molar-refractivity contribution in [1.82, 2.24) is 19.7 Å². The third kappa shape index (κ3) is 3.20. The summed E-state index contributed by atoms with van der Waals surface area (Å²) in [7, 11) is 0. The van der Waals surface area contributed by atoms with Gasteiger partial charge in [0, 0.05) is 17.3 Å². The maximum absolute atomic E-state index is 12.4. The standard InChI is InChI=1S/C18H15N5O3S/c1-10-11(2)19-18(21-16(10)24)23-15(20-17(25)13-5-3-7-26-13)9-12(22-23)14-6-4-8-27-14/h3-9H,1-2H3,(H,20,25)(H,19,21,24). The Hall–Kier alpha value is -3.46. The number of aryl methyl sites for hydroxylation is 1. The number of carbonyl (C=O) groups excluding carboxylic acids is 1. The Kier molecular flexibility index (Phi) is 4.21. The van der Waals surface area contributed by atoms with E-state index in [9.17, 15) is 9.59 Å². The van der Waals surface area contributed by atoms with Gasteiger partial charge in [-0.25, -0.2) is 4.98 Å². The Morgan fingerprint density at radius 2 is 2.15 bits per heavy atom. The summed E-state index contributed by atoms with van der Waals surface area (Å²) in [5, 5.41) is 9.21. The molecule has 136 valence electrons. The molecule has 0 aliphatic heterocycles. The number of hydrogen-bond donors (Lipinski definition) is 2. The smallest absolute Gasteiger partial charge is 0.292 e. The van der Waals surface area contributed by atoms with Gasteiger partial charge in [0.15, 0.2) is 5.76 Å². The number of amides is 1. The molecule has 0 aliphatic rings. The van der Waals surface area contributed by atoms with Crippen LogP contribution in [0.2, 0.25) is 0 Å². The van der Waals surface area contributed by atoms with Crippen LogP contribution in [-0.4, -0.2) is 25.7 Å². The van der Waals surface area contributed by atoms with Crippen molar-refractivity contribution in [2.24, 2.45) is 0 Å². The Bertz CT molecular complexity index is 1160. The highest BCUT2D eigenvalue weighted by atomic mass is 32.1. The molecule has 27 heavy (non-hydrogen) atoms. The lowest BCUT2D eigenvalue weighted by atomic mass is 10.3. The minimum Gasteiger partial charge on any atom is -0.459 e. The average Bonchev–Trinajstić information content (AvgIpc) is 3.39. The van der Waals surface area contributed by atoms with Crippen LogP contribution in [-0.2, 0) is 0 Å². The molecule has 4 heterocycles. The van der Waals surface area contributed by atoms with Gasteiger partial charge in [-0.1, -0.05) is 6.07 Å². The quantitative estimate of drug-likeness (QED) is 0.565. The third-order valence-electron chi connectivity index (χ3n) is 4.05. The fourth-order valence-electron chi connectivity index (χ4n) is 2.49. The van der Waals surface area contributed by atoms with Crippen molar-refractivity contribution < 1.29 is 9.21 Å². The predicted octanol–water partition coefficient (Wildman–Crippen LogP) is 3.15. The second-order valence-corrected chi connectivity index (χ2v) is 6.78. The first kappa shape index (κ1) is 17.0. The summed E-state index contributed by atoms with van der Waals surface area (Å²) in [4.78, 5) is 32.6. The molecule has 2 N–H and O–H groups in total. The number of aromatic nitrogens is 4. The van der Waals surface area contributed by atoms with Gasteiger partial charge in [0.1, 0.15) is 11.5 Å². The zero-order valence-corrected chi connectivity index (χ0v) is 15.3. The summed E-state index contributed by atoms with van der Waals surface area (Å²) in [5.41, 5.74) is 1.52. The molecule has 0 fully saturated rings. The molecule has 4 aromatic heterocycles. The lowest BCUT2D eigenvalue weighted by Crippen LogP contribution is -2.20. The summed E-state index contributed by atoms with van der Waals surface area (Å²) in [6, 6.07) is 8.75. The topological polar surface area (TPSA) is 106 Å². The number of nitrogens with one attached hydrogen (secondary N) is 2. The maximum atomic E-state index is 12.4. The Morgan fingerprint density at radius 1 is 1.30 bits per heavy atom. The first-order valence-electron chi connectivity index (χ1n) is 8.09. The Labute approximate surface area is 157 Å². The number of hydrogen-bond acceptors (Lipinski definition) is 6. The number of aromatic amines is 1. The number of nitrogens with zero attached hydrogens (tertiary/aromatic N) is 3. The molecule has 0 atom stereocenters. The minimum absolute atomic E-state index is 0.168. The van der Waals surface area contributed by atoms with Crippen molar-refractivity contribution in [2.45, 2.75) is 13.8 Å². The molecule has 1 amide bonds. The highest BCUT2D eigenvalue weighted by Crippen LogP contribution is 2.27. The van der Waals surface area contributed by atoms with Crippen LogP contribution >= 0.6 is 11.3 Å². The van der Waals surface area contributed by atoms with Crippen molar-refractivity contribution in [1.29, 1.82) is 0 Å². The number of anilines is 1. The van der Waals surface area contributed by atoms with E-state index in [1.807, 2.05) is 17.5 Å². The second kappa shape index (κ2) is 6.69. The summed E-state index contributed by atoms with van der Waals surface area (Å²) < 4.78 is 6.54. The van der Waals surface area contributed by atoms with Crippen LogP contribution in [0.1, 0.15) is 21.8 Å². The van der Waals surface area contributed by atoms with E-state index in [0.717, 1.165) is 4.88 Å². The van der Waals surface area contributed by atoms with Gasteiger partial charge in [0.2, 0.25) is 5.95 Å². The predicted molar refractivity (Wildman–Crippen MR) is 101 cm³/mol. The van der Waals surface area contributed by atoms with Crippen molar-refractivity contribution in [2.75, 3.05) is 5.32 Å². The molecule has 4 aromatic rings. The summed E-state index contributed by atoms with van der Waals surface area (Å²) in [5.74, 6) is 0.332. The van der Waals surface area contributed by atoms with Crippen LogP contribution in [0, 0.1) is 13.8 Å². The Balaban J connectivity index is 1.81. The van der Waals surface area contributed by atoms with Gasteiger partial charge in [-0.3, -0.25) is 14.6 Å². The lowest BCUT2D eigenvalue weighted by Gasteiger charge is -2.08. The summed E-state index contributed by atoms with van der Waals surface area (Å²) in [6.45, 7) is 3.45. The van der Waals surface area contributed by atoms with Crippen LogP contribution < -0.4 is 10.9 Å². The zero-order valence-electron chi connectivity index (χ0n) is 14.5. The zero-order chi connectivity index (χ0) is 19.0. The van der Waals surface area contributed by atoms with E-state index >= 15 is 0 Å². The Morgan fingerprint density at radius 3 is 2.81 bits per heavy atom. The van der Waals surface area contributed by atoms with Gasteiger partial charge in [-0.2, -0.15) is 9.78 Å². The molecule has 0 aliphatic carbocycles. The average molecular weight is 381 g/mol. The van der Waals surface area contributed by atoms with Gasteiger partial charge >= 0.3 is 0 Å². The van der Waals surface area contributed by atoms with Crippen LogP contribution in [0.25, 0.3) is 16.5 Å². The van der Waals surface area contributed by atoms with Crippen molar-refractivity contribution in [3.63, 3.8) is 0 Å². The molecule has 0 spiro atoms. The highest BCUT2D eigenvalue weighted by Gasteiger charge is 2.18. The first-order chi connectivity index (χ1) is 13.0. The number of carbonyl (C=O) groups is 1. The molecule has 4 rings (SSSR count). The van der Waals surface area contributed by atoms with Gasteiger partial charge < -0.3 is 9.73 Å². The number of furan rings is 1. The van der Waals surface area contributed by atoms with E-state index in [1.54, 1.807) is 32.0 Å². The van der Waals surface area contributed by atoms with E-state index < -0.39 is 5.91 Å². The number of H-pyrrole nitrogens is 1. The molecule has 8 nitrogen and oxygen atoms in total. The van der Waals surface area contributed by atoms with E-state index in [-0.39, 0.29) is 17.3 Å². The van der Waals surface area contributed by atoms with Crippen molar-refractivity contribution in [3.05, 3.63) is 69.3 Å². The van der Waals surface area contributed by atoms with Crippen molar-refractivity contribution in [3.8, 4) is 16.5 Å². The fourth-order valence-corrected chi connectivity index (χ4v) is 3.17. The fraction of sp³-hybridized carbons (Fsp3) is 0.111. The van der Waals surface area contributed by atoms with Gasteiger partial charge in [0.25, 0.3) is 11.5 Å². The summed E-state index contributed by atoms with van der Waals surface area (Å²) >= 11 is 1.52. The van der Waals surface area contributed by atoms with Crippen molar-refractivity contribution >= 4 is 23.1 Å². The molecule has 0 aromatic carbocycles. The molecule has 0 saturated heterocycles. The molecule has 9 heteroatoms. The summed E-state index contributed by atoms with van der Waals surface area (Å²) in [6.07, 6.45) is 1.42. The van der Waals surface area contributed by atoms with Crippen LogP contribution in [0.15, 0.2) is 51.2 Å². The third-order valence-corrected chi connectivity index (χ3v) is 4.94. The maximum Gasteiger partial charge on any atom is 0.292 e. The monoisotopic (exact) mass is 381 g/mol. The van der Waals surface area contributed by atoms with Crippen LogP contribution in [0.5, 0.6) is 0 Å². The van der Waals surface area contributed by atoms with E-state index in [2.05, 4.69) is 20.4 Å². The number of thiophene rings is 1. The molecule has 0 radical (unpaired) electrons. The number of rotatable bonds is 4. The SMILES string of the molecule is Cc1nc(-n2nc(-c3cccs3)cc2NC(=O)c2ccco2)[nH]c(=O)c1C. The molecule has 0 unspecified atom stereocenters. The molecule has 0 saturated carbocycles. The van der Waals surface area contributed by atoms with E-state index in [1.165, 1.54) is 22.3 Å². The highest BCUT2D eigenvalue weighted by molar-refractivity contribution is 7.13. The largest absolute Gasteiger partial charge is 0.459 e. The van der Waals surface area contributed by atoms with E-state index in [4.69, 9.17) is 4.42 Å². The lowest BCUT2D eigenvalue weighted by molar-refractivity contribution is 0.0996. The minimum atomic E-state index is -0.426.